The Morgan fingerprint density at radius 3 is 2.53 bits per heavy atom. The van der Waals surface area contributed by atoms with Crippen molar-refractivity contribution in [2.75, 3.05) is 0 Å². The fourth-order valence-corrected chi connectivity index (χ4v) is 1.95. The SMILES string of the molecule is Cc1ccncc1.O=C(O)C1NCc2ccccc21. The van der Waals surface area contributed by atoms with Gasteiger partial charge in [0.1, 0.15) is 6.04 Å². The lowest BCUT2D eigenvalue weighted by Gasteiger charge is -2.04. The first-order valence-corrected chi connectivity index (χ1v) is 6.09. The first kappa shape index (κ1) is 13.2. The minimum absolute atomic E-state index is 0.513. The highest BCUT2D eigenvalue weighted by Gasteiger charge is 2.26. The van der Waals surface area contributed by atoms with Gasteiger partial charge in [-0.05, 0) is 35.7 Å². The maximum atomic E-state index is 10.7. The van der Waals surface area contributed by atoms with E-state index in [1.54, 1.807) is 12.4 Å². The highest BCUT2D eigenvalue weighted by Crippen LogP contribution is 2.24. The Balaban J connectivity index is 0.000000163. The predicted molar refractivity (Wildman–Crippen MR) is 72.6 cm³/mol. The third kappa shape index (κ3) is 3.39. The summed E-state index contributed by atoms with van der Waals surface area (Å²) in [5.41, 5.74) is 3.24. The molecule has 0 fully saturated rings. The third-order valence-electron chi connectivity index (χ3n) is 2.96. The number of aliphatic carboxylic acids is 1. The van der Waals surface area contributed by atoms with Gasteiger partial charge < -0.3 is 5.11 Å². The smallest absolute Gasteiger partial charge is 0.325 e. The van der Waals surface area contributed by atoms with Crippen LogP contribution in [0.4, 0.5) is 0 Å². The Bertz CT molecular complexity index is 555. The van der Waals surface area contributed by atoms with Crippen molar-refractivity contribution < 1.29 is 9.90 Å². The van der Waals surface area contributed by atoms with Crippen LogP contribution in [0.3, 0.4) is 0 Å². The van der Waals surface area contributed by atoms with E-state index in [9.17, 15) is 4.79 Å². The van der Waals surface area contributed by atoms with Gasteiger partial charge in [0.2, 0.25) is 0 Å². The number of pyridine rings is 1. The van der Waals surface area contributed by atoms with Gasteiger partial charge >= 0.3 is 5.97 Å². The van der Waals surface area contributed by atoms with Gasteiger partial charge in [-0.2, -0.15) is 0 Å². The molecule has 1 atom stereocenters. The molecule has 98 valence electrons. The van der Waals surface area contributed by atoms with E-state index < -0.39 is 12.0 Å². The molecule has 4 heteroatoms. The molecule has 0 spiro atoms. The third-order valence-corrected chi connectivity index (χ3v) is 2.96. The van der Waals surface area contributed by atoms with Crippen LogP contribution in [-0.4, -0.2) is 16.1 Å². The zero-order valence-electron chi connectivity index (χ0n) is 10.7. The van der Waals surface area contributed by atoms with Gasteiger partial charge in [-0.1, -0.05) is 24.3 Å². The summed E-state index contributed by atoms with van der Waals surface area (Å²) in [5, 5.41) is 11.7. The highest BCUT2D eigenvalue weighted by atomic mass is 16.4. The minimum atomic E-state index is -0.806. The number of rotatable bonds is 1. The van der Waals surface area contributed by atoms with E-state index >= 15 is 0 Å². The summed E-state index contributed by atoms with van der Waals surface area (Å²) in [4.78, 5) is 14.5. The molecule has 1 aromatic carbocycles. The lowest BCUT2D eigenvalue weighted by Crippen LogP contribution is -2.21. The summed E-state index contributed by atoms with van der Waals surface area (Å²) in [6.45, 7) is 2.70. The van der Waals surface area contributed by atoms with Crippen LogP contribution in [-0.2, 0) is 11.3 Å². The summed E-state index contributed by atoms with van der Waals surface area (Å²) < 4.78 is 0. The van der Waals surface area contributed by atoms with Crippen LogP contribution in [0.1, 0.15) is 22.7 Å². The van der Waals surface area contributed by atoms with Crippen LogP contribution < -0.4 is 5.32 Å². The highest BCUT2D eigenvalue weighted by molar-refractivity contribution is 5.77. The van der Waals surface area contributed by atoms with Crippen LogP contribution in [0.2, 0.25) is 0 Å². The molecule has 1 aromatic heterocycles. The van der Waals surface area contributed by atoms with Gasteiger partial charge in [-0.15, -0.1) is 0 Å². The van der Waals surface area contributed by atoms with Gasteiger partial charge in [-0.3, -0.25) is 15.1 Å². The number of carboxylic acid groups (broad SMARTS) is 1. The topological polar surface area (TPSA) is 62.2 Å². The van der Waals surface area contributed by atoms with Crippen molar-refractivity contribution >= 4 is 5.97 Å². The number of hydrogen-bond donors (Lipinski definition) is 2. The van der Waals surface area contributed by atoms with E-state index in [-0.39, 0.29) is 0 Å². The normalized spacial score (nSPS) is 16.2. The van der Waals surface area contributed by atoms with E-state index in [2.05, 4.69) is 10.3 Å². The molecule has 0 amide bonds. The molecule has 0 saturated carbocycles. The number of benzene rings is 1. The van der Waals surface area contributed by atoms with Crippen molar-refractivity contribution in [3.63, 3.8) is 0 Å². The average molecular weight is 256 g/mol. The minimum Gasteiger partial charge on any atom is -0.480 e. The number of fused-ring (bicyclic) bond motifs is 1. The van der Waals surface area contributed by atoms with Crippen LogP contribution in [0.15, 0.2) is 48.8 Å². The van der Waals surface area contributed by atoms with E-state index in [0.717, 1.165) is 11.1 Å². The number of carbonyl (C=O) groups is 1. The zero-order chi connectivity index (χ0) is 13.7. The Morgan fingerprint density at radius 1 is 1.26 bits per heavy atom. The van der Waals surface area contributed by atoms with Crippen molar-refractivity contribution in [1.82, 2.24) is 10.3 Å². The number of carboxylic acids is 1. The molecule has 0 bridgehead atoms. The summed E-state index contributed by atoms with van der Waals surface area (Å²) in [6, 6.07) is 11.0. The van der Waals surface area contributed by atoms with E-state index in [1.807, 2.05) is 43.3 Å². The van der Waals surface area contributed by atoms with Crippen LogP contribution in [0.5, 0.6) is 0 Å². The molecule has 2 aromatic rings. The number of aromatic nitrogens is 1. The monoisotopic (exact) mass is 256 g/mol. The molecule has 1 aliphatic rings. The second kappa shape index (κ2) is 6.11. The summed E-state index contributed by atoms with van der Waals surface area (Å²) in [6.07, 6.45) is 3.57. The largest absolute Gasteiger partial charge is 0.480 e. The van der Waals surface area contributed by atoms with Gasteiger partial charge in [0.25, 0.3) is 0 Å². The van der Waals surface area contributed by atoms with E-state index in [0.29, 0.717) is 6.54 Å². The van der Waals surface area contributed by atoms with Crippen molar-refractivity contribution in [3.8, 4) is 0 Å². The van der Waals surface area contributed by atoms with Gasteiger partial charge in [0.15, 0.2) is 0 Å². The molecule has 0 aliphatic carbocycles. The molecule has 0 radical (unpaired) electrons. The fourth-order valence-electron chi connectivity index (χ4n) is 1.95. The predicted octanol–water partition coefficient (Wildman–Crippen LogP) is 2.31. The first-order chi connectivity index (χ1) is 9.18. The van der Waals surface area contributed by atoms with Gasteiger partial charge in [0, 0.05) is 18.9 Å². The molecule has 0 saturated heterocycles. The maximum Gasteiger partial charge on any atom is 0.325 e. The summed E-state index contributed by atoms with van der Waals surface area (Å²) in [5.74, 6) is -0.806. The van der Waals surface area contributed by atoms with Crippen molar-refractivity contribution in [3.05, 3.63) is 65.5 Å². The van der Waals surface area contributed by atoms with Gasteiger partial charge in [0.05, 0.1) is 0 Å². The Kier molecular flexibility index (Phi) is 4.26. The number of hydrogen-bond acceptors (Lipinski definition) is 3. The maximum absolute atomic E-state index is 10.7. The second-order valence-electron chi connectivity index (χ2n) is 4.38. The lowest BCUT2D eigenvalue weighted by molar-refractivity contribution is -0.139. The zero-order valence-corrected chi connectivity index (χ0v) is 10.7. The quantitative estimate of drug-likeness (QED) is 0.822. The van der Waals surface area contributed by atoms with E-state index in [1.165, 1.54) is 5.56 Å². The van der Waals surface area contributed by atoms with Crippen molar-refractivity contribution in [2.24, 2.45) is 0 Å². The molecule has 1 aliphatic heterocycles. The summed E-state index contributed by atoms with van der Waals surface area (Å²) >= 11 is 0. The van der Waals surface area contributed by atoms with Gasteiger partial charge in [-0.25, -0.2) is 0 Å². The molecular weight excluding hydrogens is 240 g/mol. The number of nitrogens with one attached hydrogen (secondary N) is 1. The van der Waals surface area contributed by atoms with Crippen molar-refractivity contribution in [2.45, 2.75) is 19.5 Å². The fraction of sp³-hybridized carbons (Fsp3) is 0.200. The molecule has 4 nitrogen and oxygen atoms in total. The molecule has 2 heterocycles. The number of aryl methyl sites for hydroxylation is 1. The molecule has 1 unspecified atom stereocenters. The lowest BCUT2D eigenvalue weighted by atomic mass is 10.1. The second-order valence-corrected chi connectivity index (χ2v) is 4.38. The first-order valence-electron chi connectivity index (χ1n) is 6.09. The number of nitrogens with zero attached hydrogens (tertiary/aromatic N) is 1. The molecule has 2 N–H and O–H groups in total. The van der Waals surface area contributed by atoms with Crippen LogP contribution in [0, 0.1) is 6.92 Å². The average Bonchev–Trinajstić information content (AvgIpc) is 2.84. The van der Waals surface area contributed by atoms with E-state index in [4.69, 9.17) is 5.11 Å². The molecular formula is C15H16N2O2. The Labute approximate surface area is 112 Å². The van der Waals surface area contributed by atoms with Crippen LogP contribution >= 0.6 is 0 Å². The standard InChI is InChI=1S/C9H9NO2.C6H7N/c11-9(12)8-7-4-2-1-3-6(7)5-10-8;1-6-2-4-7-5-3-6/h1-4,8,10H,5H2,(H,11,12);2-5H,1H3. The van der Waals surface area contributed by atoms with Crippen molar-refractivity contribution in [1.29, 1.82) is 0 Å². The molecule has 3 rings (SSSR count). The molecule has 19 heavy (non-hydrogen) atoms. The summed E-state index contributed by atoms with van der Waals surface area (Å²) in [7, 11) is 0. The van der Waals surface area contributed by atoms with Crippen LogP contribution in [0.25, 0.3) is 0 Å². The Hall–Kier alpha value is -2.20. The Morgan fingerprint density at radius 2 is 1.95 bits per heavy atom.